The van der Waals surface area contributed by atoms with Gasteiger partial charge in [0.2, 0.25) is 0 Å². The van der Waals surface area contributed by atoms with Crippen LogP contribution in [0.5, 0.6) is 5.75 Å². The van der Waals surface area contributed by atoms with Crippen LogP contribution in [0.4, 0.5) is 5.69 Å². The van der Waals surface area contributed by atoms with Crippen LogP contribution in [0.15, 0.2) is 48.5 Å². The van der Waals surface area contributed by atoms with Crippen molar-refractivity contribution in [3.8, 4) is 5.75 Å². The summed E-state index contributed by atoms with van der Waals surface area (Å²) in [4.78, 5) is 23.4. The third kappa shape index (κ3) is 3.63. The van der Waals surface area contributed by atoms with Crippen LogP contribution in [0.2, 0.25) is 0 Å². The quantitative estimate of drug-likeness (QED) is 0.889. The summed E-state index contributed by atoms with van der Waals surface area (Å²) in [6.45, 7) is 3.35. The number of hydrogen-bond acceptors (Lipinski definition) is 3. The Kier molecular flexibility index (Phi) is 4.78. The second-order valence-electron chi connectivity index (χ2n) is 4.87. The summed E-state index contributed by atoms with van der Waals surface area (Å²) in [5.74, 6) is -0.912. The second-order valence-corrected chi connectivity index (χ2v) is 4.87. The molecule has 114 valence electrons. The number of ether oxygens (including phenoxy) is 1. The van der Waals surface area contributed by atoms with E-state index in [1.807, 2.05) is 18.2 Å². The number of benzene rings is 2. The highest BCUT2D eigenvalue weighted by atomic mass is 16.5. The zero-order valence-electron chi connectivity index (χ0n) is 12.4. The van der Waals surface area contributed by atoms with Crippen LogP contribution in [0.25, 0.3) is 0 Å². The van der Waals surface area contributed by atoms with Gasteiger partial charge in [-0.3, -0.25) is 4.79 Å². The van der Waals surface area contributed by atoms with E-state index >= 15 is 0 Å². The number of carboxylic acid groups (broad SMARTS) is 1. The molecule has 5 heteroatoms. The minimum absolute atomic E-state index is 0.0558. The van der Waals surface area contributed by atoms with Crippen molar-refractivity contribution in [2.75, 3.05) is 5.32 Å². The van der Waals surface area contributed by atoms with Gasteiger partial charge in [0.15, 0.2) is 6.10 Å². The normalized spacial score (nSPS) is 11.5. The number of nitrogens with one attached hydrogen (secondary N) is 1. The van der Waals surface area contributed by atoms with E-state index in [-0.39, 0.29) is 5.56 Å². The first kappa shape index (κ1) is 15.6. The number of carbonyl (C=O) groups is 2. The second kappa shape index (κ2) is 6.76. The fourth-order valence-corrected chi connectivity index (χ4v) is 1.99. The van der Waals surface area contributed by atoms with Crippen molar-refractivity contribution in [2.45, 2.75) is 20.0 Å². The third-order valence-corrected chi connectivity index (χ3v) is 3.18. The molecule has 2 aromatic carbocycles. The predicted molar refractivity (Wildman–Crippen MR) is 83.3 cm³/mol. The Labute approximate surface area is 128 Å². The SMILES string of the molecule is Cc1cccc(C(=O)O)c1NC(=O)[C@H](C)Oc1ccccc1. The number of hydrogen-bond donors (Lipinski definition) is 2. The molecule has 22 heavy (non-hydrogen) atoms. The Balaban J connectivity index is 2.14. The van der Waals surface area contributed by atoms with Crippen LogP contribution in [-0.4, -0.2) is 23.1 Å². The molecule has 0 aliphatic carbocycles. The number of amides is 1. The zero-order valence-corrected chi connectivity index (χ0v) is 12.4. The highest BCUT2D eigenvalue weighted by molar-refractivity contribution is 6.02. The monoisotopic (exact) mass is 299 g/mol. The van der Waals surface area contributed by atoms with E-state index in [9.17, 15) is 14.7 Å². The molecule has 0 radical (unpaired) electrons. The molecule has 1 amide bonds. The number of carboxylic acids is 1. The van der Waals surface area contributed by atoms with Crippen LogP contribution in [0, 0.1) is 6.92 Å². The number of aromatic carboxylic acids is 1. The highest BCUT2D eigenvalue weighted by Crippen LogP contribution is 2.21. The molecule has 0 spiro atoms. The number of rotatable bonds is 5. The highest BCUT2D eigenvalue weighted by Gasteiger charge is 2.19. The first-order chi connectivity index (χ1) is 10.5. The van der Waals surface area contributed by atoms with Crippen LogP contribution < -0.4 is 10.1 Å². The Morgan fingerprint density at radius 3 is 2.41 bits per heavy atom. The molecule has 0 heterocycles. The minimum Gasteiger partial charge on any atom is -0.481 e. The Morgan fingerprint density at radius 1 is 1.09 bits per heavy atom. The molecule has 0 saturated carbocycles. The largest absolute Gasteiger partial charge is 0.481 e. The van der Waals surface area contributed by atoms with Crippen LogP contribution in [-0.2, 0) is 4.79 Å². The van der Waals surface area contributed by atoms with Gasteiger partial charge in [0.25, 0.3) is 5.91 Å². The lowest BCUT2D eigenvalue weighted by atomic mass is 10.1. The topological polar surface area (TPSA) is 75.6 Å². The molecular formula is C17H17NO4. The van der Waals surface area contributed by atoms with Gasteiger partial charge in [-0.15, -0.1) is 0 Å². The molecule has 0 bridgehead atoms. The van der Waals surface area contributed by atoms with Gasteiger partial charge in [-0.2, -0.15) is 0 Å². The van der Waals surface area contributed by atoms with E-state index < -0.39 is 18.0 Å². The standard InChI is InChI=1S/C17H17NO4/c1-11-7-6-10-14(17(20)21)15(11)18-16(19)12(2)22-13-8-4-3-5-9-13/h3-10,12H,1-2H3,(H,18,19)(H,20,21)/t12-/m0/s1. The van der Waals surface area contributed by atoms with E-state index in [2.05, 4.69) is 5.32 Å². The summed E-state index contributed by atoms with van der Waals surface area (Å²) in [7, 11) is 0. The number of anilines is 1. The molecule has 2 aromatic rings. The number of aryl methyl sites for hydroxylation is 1. The lowest BCUT2D eigenvalue weighted by Gasteiger charge is -2.17. The van der Waals surface area contributed by atoms with Gasteiger partial charge in [0.05, 0.1) is 11.3 Å². The van der Waals surface area contributed by atoms with E-state index in [4.69, 9.17) is 4.74 Å². The lowest BCUT2D eigenvalue weighted by molar-refractivity contribution is -0.122. The van der Waals surface area contributed by atoms with E-state index in [1.54, 1.807) is 38.1 Å². The zero-order chi connectivity index (χ0) is 16.1. The average Bonchev–Trinajstić information content (AvgIpc) is 2.49. The molecule has 1 atom stereocenters. The van der Waals surface area contributed by atoms with Gasteiger partial charge in [0.1, 0.15) is 5.75 Å². The predicted octanol–water partition coefficient (Wildman–Crippen LogP) is 3.10. The molecule has 0 fully saturated rings. The van der Waals surface area contributed by atoms with Crippen LogP contribution in [0.1, 0.15) is 22.8 Å². The van der Waals surface area contributed by atoms with Crippen molar-refractivity contribution < 1.29 is 19.4 Å². The molecule has 5 nitrogen and oxygen atoms in total. The van der Waals surface area contributed by atoms with Gasteiger partial charge in [-0.1, -0.05) is 30.3 Å². The first-order valence-electron chi connectivity index (χ1n) is 6.84. The van der Waals surface area contributed by atoms with Crippen molar-refractivity contribution in [1.82, 2.24) is 0 Å². The summed E-state index contributed by atoms with van der Waals surface area (Å²) in [6.07, 6.45) is -0.747. The van der Waals surface area contributed by atoms with Crippen molar-refractivity contribution in [2.24, 2.45) is 0 Å². The molecule has 0 saturated heterocycles. The Hall–Kier alpha value is -2.82. The molecular weight excluding hydrogens is 282 g/mol. The molecule has 0 aliphatic heterocycles. The lowest BCUT2D eigenvalue weighted by Crippen LogP contribution is -2.31. The summed E-state index contributed by atoms with van der Waals surface area (Å²) in [6, 6.07) is 13.8. The van der Waals surface area contributed by atoms with E-state index in [0.29, 0.717) is 17.0 Å². The first-order valence-corrected chi connectivity index (χ1v) is 6.84. The van der Waals surface area contributed by atoms with Gasteiger partial charge in [-0.05, 0) is 37.6 Å². The minimum atomic E-state index is -1.09. The number of carbonyl (C=O) groups excluding carboxylic acids is 1. The number of para-hydroxylation sites is 2. The summed E-state index contributed by atoms with van der Waals surface area (Å²) < 4.78 is 5.53. The maximum absolute atomic E-state index is 12.2. The van der Waals surface area contributed by atoms with Crippen molar-refractivity contribution >= 4 is 17.6 Å². The smallest absolute Gasteiger partial charge is 0.337 e. The van der Waals surface area contributed by atoms with E-state index in [0.717, 1.165) is 0 Å². The summed E-state index contributed by atoms with van der Waals surface area (Å²) in [5.41, 5.74) is 1.03. The molecule has 0 unspecified atom stereocenters. The maximum Gasteiger partial charge on any atom is 0.337 e. The Bertz CT molecular complexity index is 682. The fraction of sp³-hybridized carbons (Fsp3) is 0.176. The molecule has 2 rings (SSSR count). The average molecular weight is 299 g/mol. The van der Waals surface area contributed by atoms with Crippen molar-refractivity contribution in [1.29, 1.82) is 0 Å². The summed E-state index contributed by atoms with van der Waals surface area (Å²) >= 11 is 0. The Morgan fingerprint density at radius 2 is 1.77 bits per heavy atom. The summed E-state index contributed by atoms with van der Waals surface area (Å²) in [5, 5.41) is 11.8. The third-order valence-electron chi connectivity index (χ3n) is 3.18. The van der Waals surface area contributed by atoms with Gasteiger partial charge >= 0.3 is 5.97 Å². The molecule has 2 N–H and O–H groups in total. The fourth-order valence-electron chi connectivity index (χ4n) is 1.99. The van der Waals surface area contributed by atoms with Gasteiger partial charge < -0.3 is 15.2 Å². The van der Waals surface area contributed by atoms with Crippen LogP contribution in [0.3, 0.4) is 0 Å². The molecule has 0 aromatic heterocycles. The van der Waals surface area contributed by atoms with E-state index in [1.165, 1.54) is 6.07 Å². The van der Waals surface area contributed by atoms with Crippen LogP contribution >= 0.6 is 0 Å². The molecule has 0 aliphatic rings. The van der Waals surface area contributed by atoms with Crippen molar-refractivity contribution in [3.63, 3.8) is 0 Å². The van der Waals surface area contributed by atoms with Crippen molar-refractivity contribution in [3.05, 3.63) is 59.7 Å². The maximum atomic E-state index is 12.2. The van der Waals surface area contributed by atoms with Gasteiger partial charge in [-0.25, -0.2) is 4.79 Å². The van der Waals surface area contributed by atoms with Gasteiger partial charge in [0, 0.05) is 0 Å².